The molecule has 0 radical (unpaired) electrons. The largest absolute Gasteiger partial charge is 0.376 e. The zero-order valence-electron chi connectivity index (χ0n) is 10.8. The molecule has 0 saturated carbocycles. The van der Waals surface area contributed by atoms with Gasteiger partial charge in [-0.3, -0.25) is 4.90 Å². The molecule has 1 saturated heterocycles. The van der Waals surface area contributed by atoms with Crippen molar-refractivity contribution < 1.29 is 14.6 Å². The van der Waals surface area contributed by atoms with E-state index in [2.05, 4.69) is 6.58 Å². The van der Waals surface area contributed by atoms with Gasteiger partial charge in [-0.05, 0) is 20.8 Å². The Morgan fingerprint density at radius 1 is 1.71 bits per heavy atom. The predicted molar refractivity (Wildman–Crippen MR) is 65.6 cm³/mol. The first-order chi connectivity index (χ1) is 7.95. The van der Waals surface area contributed by atoms with E-state index in [4.69, 9.17) is 9.84 Å². The Hall–Kier alpha value is -1.07. The maximum atomic E-state index is 11.8. The lowest BCUT2D eigenvalue weighted by molar-refractivity contribution is 0.0564. The zero-order chi connectivity index (χ0) is 13.0. The molecule has 98 valence electrons. The molecular formula is C12H22N2O3. The van der Waals surface area contributed by atoms with Crippen LogP contribution in [0.4, 0.5) is 4.79 Å². The van der Waals surface area contributed by atoms with Gasteiger partial charge in [0.05, 0.1) is 12.7 Å². The lowest BCUT2D eigenvalue weighted by Crippen LogP contribution is -2.39. The second kappa shape index (κ2) is 6.02. The lowest BCUT2D eigenvalue weighted by atomic mass is 10.3. The third-order valence-electron chi connectivity index (χ3n) is 2.77. The quantitative estimate of drug-likeness (QED) is 0.708. The highest BCUT2D eigenvalue weighted by Crippen LogP contribution is 2.16. The van der Waals surface area contributed by atoms with Crippen LogP contribution in [0.3, 0.4) is 0 Å². The van der Waals surface area contributed by atoms with Gasteiger partial charge in [-0.25, -0.2) is 4.79 Å². The standard InChI is InChI=1S/C12H22N2O3/c1-9(2)7-17-11(4)6-14-10(3)5-13(8-15)12(14)16/h10-11,15H,1,5-8H2,2-4H3. The zero-order valence-corrected chi connectivity index (χ0v) is 10.8. The fourth-order valence-corrected chi connectivity index (χ4v) is 1.86. The van der Waals surface area contributed by atoms with Crippen molar-refractivity contribution in [3.8, 4) is 0 Å². The van der Waals surface area contributed by atoms with E-state index in [1.54, 1.807) is 4.90 Å². The molecule has 0 bridgehead atoms. The van der Waals surface area contributed by atoms with E-state index < -0.39 is 0 Å². The van der Waals surface area contributed by atoms with Crippen LogP contribution in [0.15, 0.2) is 12.2 Å². The van der Waals surface area contributed by atoms with Gasteiger partial charge in [-0.15, -0.1) is 0 Å². The summed E-state index contributed by atoms with van der Waals surface area (Å²) in [6.07, 6.45) is -0.0308. The highest BCUT2D eigenvalue weighted by Gasteiger charge is 2.34. The van der Waals surface area contributed by atoms with Crippen molar-refractivity contribution in [2.45, 2.75) is 32.9 Å². The van der Waals surface area contributed by atoms with Crippen LogP contribution in [0.2, 0.25) is 0 Å². The maximum absolute atomic E-state index is 11.8. The molecule has 1 aliphatic rings. The topological polar surface area (TPSA) is 53.0 Å². The number of aliphatic hydroxyl groups is 1. The number of hydrogen-bond acceptors (Lipinski definition) is 3. The van der Waals surface area contributed by atoms with Crippen molar-refractivity contribution in [2.75, 3.05) is 26.4 Å². The number of carbonyl (C=O) groups excluding carboxylic acids is 1. The van der Waals surface area contributed by atoms with Crippen LogP contribution < -0.4 is 0 Å². The highest BCUT2D eigenvalue weighted by molar-refractivity contribution is 5.77. The van der Waals surface area contributed by atoms with Crippen molar-refractivity contribution >= 4 is 6.03 Å². The van der Waals surface area contributed by atoms with Crippen LogP contribution in [-0.4, -0.2) is 59.5 Å². The molecule has 0 aliphatic carbocycles. The van der Waals surface area contributed by atoms with Crippen molar-refractivity contribution in [3.05, 3.63) is 12.2 Å². The molecule has 0 aromatic rings. The van der Waals surface area contributed by atoms with Gasteiger partial charge in [-0.1, -0.05) is 12.2 Å². The molecule has 1 aliphatic heterocycles. The molecule has 5 heteroatoms. The second-order valence-corrected chi connectivity index (χ2v) is 4.73. The summed E-state index contributed by atoms with van der Waals surface area (Å²) in [6.45, 7) is 11.0. The Morgan fingerprint density at radius 2 is 2.35 bits per heavy atom. The third kappa shape index (κ3) is 3.71. The highest BCUT2D eigenvalue weighted by atomic mass is 16.5. The van der Waals surface area contributed by atoms with Crippen molar-refractivity contribution in [2.24, 2.45) is 0 Å². The first-order valence-corrected chi connectivity index (χ1v) is 5.88. The summed E-state index contributed by atoms with van der Waals surface area (Å²) in [7, 11) is 0. The minimum absolute atomic E-state index is 0.0308. The van der Waals surface area contributed by atoms with Gasteiger partial charge in [0.2, 0.25) is 0 Å². The average molecular weight is 242 g/mol. The van der Waals surface area contributed by atoms with E-state index in [-0.39, 0.29) is 24.9 Å². The Morgan fingerprint density at radius 3 is 2.82 bits per heavy atom. The number of urea groups is 1. The SMILES string of the molecule is C=C(C)COC(C)CN1C(=O)N(CO)CC1C. The maximum Gasteiger partial charge on any atom is 0.322 e. The van der Waals surface area contributed by atoms with Gasteiger partial charge >= 0.3 is 6.03 Å². The molecule has 17 heavy (non-hydrogen) atoms. The molecule has 1 rings (SSSR count). The van der Waals surface area contributed by atoms with E-state index in [9.17, 15) is 4.79 Å². The van der Waals surface area contributed by atoms with E-state index in [1.165, 1.54) is 4.90 Å². The van der Waals surface area contributed by atoms with Gasteiger partial charge in [0.25, 0.3) is 0 Å². The van der Waals surface area contributed by atoms with Crippen LogP contribution in [0.1, 0.15) is 20.8 Å². The number of nitrogens with zero attached hydrogens (tertiary/aromatic N) is 2. The van der Waals surface area contributed by atoms with Crippen molar-refractivity contribution in [1.29, 1.82) is 0 Å². The fourth-order valence-electron chi connectivity index (χ4n) is 1.86. The van der Waals surface area contributed by atoms with Crippen LogP contribution in [0, 0.1) is 0 Å². The smallest absolute Gasteiger partial charge is 0.322 e. The van der Waals surface area contributed by atoms with Crippen molar-refractivity contribution in [1.82, 2.24) is 9.80 Å². The average Bonchev–Trinajstić information content (AvgIpc) is 2.53. The molecule has 2 amide bonds. The molecule has 0 aromatic carbocycles. The van der Waals surface area contributed by atoms with Gasteiger partial charge in [0.15, 0.2) is 0 Å². The first kappa shape index (κ1) is 14.0. The van der Waals surface area contributed by atoms with Gasteiger partial charge in [0.1, 0.15) is 6.73 Å². The lowest BCUT2D eigenvalue weighted by Gasteiger charge is -2.24. The molecular weight excluding hydrogens is 220 g/mol. The number of hydrogen-bond donors (Lipinski definition) is 1. The number of aliphatic hydroxyl groups excluding tert-OH is 1. The number of ether oxygens (including phenoxy) is 1. The van der Waals surface area contributed by atoms with Gasteiger partial charge in [-0.2, -0.15) is 0 Å². The minimum atomic E-state index is -0.222. The molecule has 2 unspecified atom stereocenters. The van der Waals surface area contributed by atoms with E-state index in [0.717, 1.165) is 5.57 Å². The second-order valence-electron chi connectivity index (χ2n) is 4.73. The summed E-state index contributed by atoms with van der Waals surface area (Å²) in [6, 6.07) is -0.00342. The summed E-state index contributed by atoms with van der Waals surface area (Å²) in [5.41, 5.74) is 0.967. The fraction of sp³-hybridized carbons (Fsp3) is 0.750. The Labute approximate surface area is 103 Å². The number of rotatable bonds is 6. The van der Waals surface area contributed by atoms with Crippen LogP contribution in [0.5, 0.6) is 0 Å². The monoisotopic (exact) mass is 242 g/mol. The summed E-state index contributed by atoms with van der Waals surface area (Å²) in [5, 5.41) is 9.02. The number of carbonyl (C=O) groups is 1. The summed E-state index contributed by atoms with van der Waals surface area (Å²) < 4.78 is 5.56. The molecule has 0 spiro atoms. The van der Waals surface area contributed by atoms with Crippen LogP contribution in [-0.2, 0) is 4.74 Å². The molecule has 1 heterocycles. The van der Waals surface area contributed by atoms with Gasteiger partial charge < -0.3 is 14.7 Å². The van der Waals surface area contributed by atoms with E-state index >= 15 is 0 Å². The molecule has 1 N–H and O–H groups in total. The third-order valence-corrected chi connectivity index (χ3v) is 2.77. The van der Waals surface area contributed by atoms with Crippen LogP contribution >= 0.6 is 0 Å². The van der Waals surface area contributed by atoms with Crippen LogP contribution in [0.25, 0.3) is 0 Å². The normalized spacial score (nSPS) is 22.1. The molecule has 0 aromatic heterocycles. The Balaban J connectivity index is 2.45. The predicted octanol–water partition coefficient (Wildman–Crippen LogP) is 1.04. The molecule has 1 fully saturated rings. The Kier molecular flexibility index (Phi) is 4.96. The molecule has 2 atom stereocenters. The minimum Gasteiger partial charge on any atom is -0.376 e. The summed E-state index contributed by atoms with van der Waals surface area (Å²) in [5.74, 6) is 0. The van der Waals surface area contributed by atoms with E-state index in [0.29, 0.717) is 19.7 Å². The van der Waals surface area contributed by atoms with E-state index in [1.807, 2.05) is 20.8 Å². The van der Waals surface area contributed by atoms with Gasteiger partial charge in [0, 0.05) is 19.1 Å². The Bertz CT molecular complexity index is 293. The number of amides is 2. The summed E-state index contributed by atoms with van der Waals surface area (Å²) >= 11 is 0. The summed E-state index contributed by atoms with van der Waals surface area (Å²) in [4.78, 5) is 15.0. The first-order valence-electron chi connectivity index (χ1n) is 5.88. The van der Waals surface area contributed by atoms with Crippen molar-refractivity contribution in [3.63, 3.8) is 0 Å². The molecule has 5 nitrogen and oxygen atoms in total.